The van der Waals surface area contributed by atoms with Crippen LogP contribution in [0.4, 0.5) is 0 Å². The zero-order valence-corrected chi connectivity index (χ0v) is 19.9. The van der Waals surface area contributed by atoms with Crippen LogP contribution in [0.5, 0.6) is 11.5 Å². The summed E-state index contributed by atoms with van der Waals surface area (Å²) >= 11 is 0. The van der Waals surface area contributed by atoms with E-state index in [2.05, 4.69) is 142 Å². The molecule has 0 N–H and O–H groups in total. The molecule has 2 aromatic heterocycles. The Morgan fingerprint density at radius 1 is 0.622 bits per heavy atom. The molecule has 3 aliphatic heterocycles. The minimum absolute atomic E-state index is 0.540. The highest BCUT2D eigenvalue weighted by Crippen LogP contribution is 2.57. The molecule has 0 bridgehead atoms. The number of rotatable bonds is 2. The summed E-state index contributed by atoms with van der Waals surface area (Å²) < 4.78 is 13.7. The van der Waals surface area contributed by atoms with E-state index in [1.54, 1.807) is 0 Å². The molecule has 37 heavy (non-hydrogen) atoms. The van der Waals surface area contributed by atoms with Crippen molar-refractivity contribution in [3.63, 3.8) is 0 Å². The second kappa shape index (κ2) is 6.62. The maximum atomic E-state index is 6.63. The molecule has 1 unspecified atom stereocenters. The van der Waals surface area contributed by atoms with Crippen LogP contribution in [0.2, 0.25) is 0 Å². The van der Waals surface area contributed by atoms with Crippen molar-refractivity contribution in [3.8, 4) is 50.7 Å². The van der Waals surface area contributed by atoms with Crippen molar-refractivity contribution >= 4 is 0 Å². The van der Waals surface area contributed by atoms with Crippen LogP contribution in [0.15, 0.2) is 128 Å². The van der Waals surface area contributed by atoms with E-state index in [9.17, 15) is 0 Å². The summed E-state index contributed by atoms with van der Waals surface area (Å²) in [4.78, 5) is 0. The zero-order chi connectivity index (χ0) is 24.1. The lowest BCUT2D eigenvalue weighted by Gasteiger charge is -2.24. The molecule has 4 aromatic carbocycles. The SMILES string of the molecule is c1ccc(-c2cccc(-c3ccc4c5c3-c3cccc[n+]3C53c5c(cccc5-n5ccc[n+]53)O4)c2)cc1. The van der Waals surface area contributed by atoms with E-state index in [4.69, 9.17) is 4.74 Å². The summed E-state index contributed by atoms with van der Waals surface area (Å²) in [7, 11) is 0. The lowest BCUT2D eigenvalue weighted by Crippen LogP contribution is -2.73. The van der Waals surface area contributed by atoms with Crippen LogP contribution in [0.25, 0.3) is 39.2 Å². The van der Waals surface area contributed by atoms with Gasteiger partial charge < -0.3 is 4.74 Å². The van der Waals surface area contributed by atoms with E-state index >= 15 is 0 Å². The Bertz CT molecular complexity index is 1920. The Labute approximate surface area is 213 Å². The molecule has 0 aliphatic carbocycles. The zero-order valence-electron chi connectivity index (χ0n) is 19.9. The van der Waals surface area contributed by atoms with Gasteiger partial charge in [0.1, 0.15) is 17.2 Å². The van der Waals surface area contributed by atoms with E-state index in [0.717, 1.165) is 17.2 Å². The van der Waals surface area contributed by atoms with Crippen molar-refractivity contribution in [1.29, 1.82) is 0 Å². The molecule has 0 amide bonds. The summed E-state index contributed by atoms with van der Waals surface area (Å²) in [5, 5.41) is 0. The van der Waals surface area contributed by atoms with Crippen molar-refractivity contribution in [2.24, 2.45) is 0 Å². The largest absolute Gasteiger partial charge is 0.455 e. The molecule has 0 fully saturated rings. The number of fused-ring (bicyclic) bond motifs is 4. The number of ether oxygens (including phenoxy) is 1. The average Bonchev–Trinajstić information content (AvgIpc) is 3.64. The predicted molar refractivity (Wildman–Crippen MR) is 141 cm³/mol. The van der Waals surface area contributed by atoms with Crippen LogP contribution in [-0.2, 0) is 5.66 Å². The highest BCUT2D eigenvalue weighted by molar-refractivity contribution is 5.90. The molecule has 5 heterocycles. The summed E-state index contributed by atoms with van der Waals surface area (Å²) in [6.07, 6.45) is 6.53. The molecule has 4 nitrogen and oxygen atoms in total. The van der Waals surface area contributed by atoms with Gasteiger partial charge >= 0.3 is 5.66 Å². The first-order valence-electron chi connectivity index (χ1n) is 12.6. The van der Waals surface area contributed by atoms with E-state index in [1.165, 1.54) is 44.6 Å². The monoisotopic (exact) mass is 475 g/mol. The van der Waals surface area contributed by atoms with Crippen molar-refractivity contribution in [3.05, 3.63) is 139 Å². The Morgan fingerprint density at radius 2 is 1.43 bits per heavy atom. The molecular weight excluding hydrogens is 454 g/mol. The molecule has 1 atom stereocenters. The number of benzene rings is 4. The molecule has 4 heteroatoms. The first-order valence-corrected chi connectivity index (χ1v) is 12.6. The van der Waals surface area contributed by atoms with Gasteiger partial charge in [0.15, 0.2) is 17.3 Å². The summed E-state index contributed by atoms with van der Waals surface area (Å²) in [5.41, 5.74) is 10.3. The fourth-order valence-corrected chi connectivity index (χ4v) is 6.72. The van der Waals surface area contributed by atoms with Gasteiger partial charge in [0.25, 0.3) is 0 Å². The topological polar surface area (TPSA) is 21.9 Å². The highest BCUT2D eigenvalue weighted by atomic mass is 16.5. The molecule has 9 rings (SSSR count). The van der Waals surface area contributed by atoms with Gasteiger partial charge in [0.2, 0.25) is 11.9 Å². The lowest BCUT2D eigenvalue weighted by atomic mass is 9.84. The Balaban J connectivity index is 1.40. The van der Waals surface area contributed by atoms with Crippen molar-refractivity contribution in [2.75, 3.05) is 0 Å². The second-order valence-corrected chi connectivity index (χ2v) is 9.87. The second-order valence-electron chi connectivity index (χ2n) is 9.87. The van der Waals surface area contributed by atoms with Crippen LogP contribution in [0.1, 0.15) is 11.1 Å². The van der Waals surface area contributed by atoms with Gasteiger partial charge in [-0.05, 0) is 63.3 Å². The van der Waals surface area contributed by atoms with Gasteiger partial charge in [0, 0.05) is 18.2 Å². The van der Waals surface area contributed by atoms with Crippen molar-refractivity contribution in [2.45, 2.75) is 5.66 Å². The summed E-state index contributed by atoms with van der Waals surface area (Å²) in [6, 6.07) is 38.8. The molecular formula is C33H21N3O+2. The number of aromatic nitrogens is 3. The Morgan fingerprint density at radius 3 is 2.38 bits per heavy atom. The number of hydrogen-bond donors (Lipinski definition) is 0. The Kier molecular flexibility index (Phi) is 3.45. The first-order chi connectivity index (χ1) is 18.4. The minimum Gasteiger partial charge on any atom is -0.455 e. The van der Waals surface area contributed by atoms with Gasteiger partial charge in [-0.2, -0.15) is 0 Å². The van der Waals surface area contributed by atoms with Gasteiger partial charge in [-0.1, -0.05) is 54.6 Å². The van der Waals surface area contributed by atoms with E-state index < -0.39 is 5.66 Å². The third-order valence-electron chi connectivity index (χ3n) is 8.10. The molecule has 6 aromatic rings. The van der Waals surface area contributed by atoms with Gasteiger partial charge in [0.05, 0.1) is 11.8 Å². The fourth-order valence-electron chi connectivity index (χ4n) is 6.72. The number of pyridine rings is 1. The number of hydrogen-bond acceptors (Lipinski definition) is 1. The molecule has 172 valence electrons. The molecule has 0 saturated heterocycles. The maximum absolute atomic E-state index is 6.63. The minimum atomic E-state index is -0.540. The number of nitrogens with zero attached hydrogens (tertiary/aromatic N) is 3. The van der Waals surface area contributed by atoms with Crippen LogP contribution >= 0.6 is 0 Å². The van der Waals surface area contributed by atoms with Crippen molar-refractivity contribution < 1.29 is 14.0 Å². The summed E-state index contributed by atoms with van der Waals surface area (Å²) in [6.45, 7) is 0. The Hall–Kier alpha value is -4.96. The maximum Gasteiger partial charge on any atom is 0.447 e. The van der Waals surface area contributed by atoms with Crippen LogP contribution in [0, 0.1) is 0 Å². The molecule has 3 aliphatic rings. The van der Waals surface area contributed by atoms with Gasteiger partial charge in [-0.25, -0.2) is 0 Å². The van der Waals surface area contributed by atoms with E-state index in [-0.39, 0.29) is 0 Å². The van der Waals surface area contributed by atoms with Gasteiger partial charge in [-0.15, -0.1) is 9.25 Å². The average molecular weight is 476 g/mol. The molecule has 0 saturated carbocycles. The molecule has 0 radical (unpaired) electrons. The third kappa shape index (κ3) is 2.20. The van der Waals surface area contributed by atoms with Crippen molar-refractivity contribution in [1.82, 2.24) is 4.68 Å². The van der Waals surface area contributed by atoms with Gasteiger partial charge in [-0.3, -0.25) is 0 Å². The first kappa shape index (κ1) is 19.3. The standard InChI is InChI=1S/C33H21N3O/c1-2-9-22(10-3-1)23-11-6-12-24(21-23)25-16-17-29-32-30(25)26-13-4-5-18-34(26)33(32)31-27(14-7-15-28(31)37-29)35-19-8-20-36(33)35/h1-21H/q+2. The van der Waals surface area contributed by atoms with E-state index in [0.29, 0.717) is 0 Å². The van der Waals surface area contributed by atoms with Crippen LogP contribution < -0.4 is 14.0 Å². The highest BCUT2D eigenvalue weighted by Gasteiger charge is 2.72. The lowest BCUT2D eigenvalue weighted by molar-refractivity contribution is -0.988. The third-order valence-corrected chi connectivity index (χ3v) is 8.10. The quantitative estimate of drug-likeness (QED) is 0.278. The predicted octanol–water partition coefficient (Wildman–Crippen LogP) is 6.08. The summed E-state index contributed by atoms with van der Waals surface area (Å²) in [5.74, 6) is 1.82. The van der Waals surface area contributed by atoms with E-state index in [1.807, 2.05) is 0 Å². The molecule has 1 spiro atoms. The normalized spacial score (nSPS) is 17.0. The van der Waals surface area contributed by atoms with Crippen LogP contribution in [0.3, 0.4) is 0 Å². The smallest absolute Gasteiger partial charge is 0.447 e. The fraction of sp³-hybridized carbons (Fsp3) is 0.0303. The van der Waals surface area contributed by atoms with Crippen LogP contribution in [-0.4, -0.2) is 4.68 Å².